The maximum Gasteiger partial charge on any atom is 0.257 e. The van der Waals surface area contributed by atoms with E-state index in [1.807, 2.05) is 0 Å². The molecule has 2 N–H and O–H groups in total. The quantitative estimate of drug-likeness (QED) is 0.775. The molecule has 1 aromatic carbocycles. The van der Waals surface area contributed by atoms with Gasteiger partial charge in [-0.3, -0.25) is 14.4 Å². The van der Waals surface area contributed by atoms with Crippen LogP contribution in [-0.4, -0.2) is 43.1 Å². The predicted octanol–water partition coefficient (Wildman–Crippen LogP) is 0.757. The third-order valence-electron chi connectivity index (χ3n) is 4.96. The number of carbonyl (C=O) groups is 3. The number of primary sulfonamides is 1. The molecule has 1 saturated carbocycles. The Bertz CT molecular complexity index is 844. The Morgan fingerprint density at radius 3 is 2.23 bits per heavy atom. The van der Waals surface area contributed by atoms with Crippen molar-refractivity contribution in [2.45, 2.75) is 56.0 Å². The molecule has 8 nitrogen and oxygen atoms in total. The van der Waals surface area contributed by atoms with E-state index in [-0.39, 0.29) is 29.0 Å². The number of amides is 3. The van der Waals surface area contributed by atoms with Gasteiger partial charge in [0.1, 0.15) is 6.04 Å². The molecule has 9 heteroatoms. The average Bonchev–Trinajstić information content (AvgIpc) is 3.16. The predicted molar refractivity (Wildman–Crippen MR) is 93.5 cm³/mol. The Kier molecular flexibility index (Phi) is 4.85. The molecular weight excluding hydrogens is 358 g/mol. The molecule has 1 aliphatic carbocycles. The van der Waals surface area contributed by atoms with Crippen LogP contribution in [0.4, 0.5) is 5.69 Å². The van der Waals surface area contributed by atoms with Gasteiger partial charge in [-0.15, -0.1) is 0 Å². The number of nitrogens with two attached hydrogens (primary N) is 1. The molecule has 140 valence electrons. The topological polar surface area (TPSA) is 118 Å². The third-order valence-corrected chi connectivity index (χ3v) is 5.89. The van der Waals surface area contributed by atoms with Crippen molar-refractivity contribution in [1.29, 1.82) is 0 Å². The van der Waals surface area contributed by atoms with Crippen molar-refractivity contribution >= 4 is 33.4 Å². The lowest BCUT2D eigenvalue weighted by atomic mass is 10.1. The summed E-state index contributed by atoms with van der Waals surface area (Å²) < 4.78 is 22.7. The number of carbonyl (C=O) groups excluding carboxylic acids is 3. The fourth-order valence-corrected chi connectivity index (χ4v) is 4.32. The first-order valence-corrected chi connectivity index (χ1v) is 10.0. The van der Waals surface area contributed by atoms with Crippen molar-refractivity contribution in [2.75, 3.05) is 4.90 Å². The van der Waals surface area contributed by atoms with E-state index in [1.54, 1.807) is 4.90 Å². The van der Waals surface area contributed by atoms with Crippen LogP contribution in [0.5, 0.6) is 0 Å². The zero-order valence-electron chi connectivity index (χ0n) is 14.4. The summed E-state index contributed by atoms with van der Waals surface area (Å²) in [5.41, 5.74) is 0.268. The zero-order chi connectivity index (χ0) is 19.1. The summed E-state index contributed by atoms with van der Waals surface area (Å²) in [4.78, 5) is 39.9. The van der Waals surface area contributed by atoms with E-state index in [2.05, 4.69) is 0 Å². The highest BCUT2D eigenvalue weighted by atomic mass is 32.2. The number of rotatable bonds is 4. The number of imide groups is 1. The third kappa shape index (κ3) is 3.36. The Labute approximate surface area is 152 Å². The minimum Gasteiger partial charge on any atom is -0.327 e. The Hall–Kier alpha value is -2.26. The molecular formula is C17H21N3O5S. The molecule has 2 fully saturated rings. The van der Waals surface area contributed by atoms with Gasteiger partial charge in [0.15, 0.2) is 0 Å². The van der Waals surface area contributed by atoms with Crippen LogP contribution in [0.3, 0.4) is 0 Å². The zero-order valence-corrected chi connectivity index (χ0v) is 15.2. The highest BCUT2D eigenvalue weighted by Crippen LogP contribution is 2.31. The molecule has 2 aliphatic rings. The van der Waals surface area contributed by atoms with E-state index in [1.165, 1.54) is 31.2 Å². The second-order valence-corrected chi connectivity index (χ2v) is 8.25. The number of nitrogens with zero attached hydrogens (tertiary/aromatic N) is 2. The molecule has 3 amide bonds. The fraction of sp³-hybridized carbons (Fsp3) is 0.471. The van der Waals surface area contributed by atoms with E-state index in [9.17, 15) is 22.8 Å². The van der Waals surface area contributed by atoms with E-state index >= 15 is 0 Å². The van der Waals surface area contributed by atoms with Crippen molar-refractivity contribution in [2.24, 2.45) is 5.14 Å². The van der Waals surface area contributed by atoms with E-state index in [4.69, 9.17) is 5.14 Å². The minimum atomic E-state index is -3.86. The van der Waals surface area contributed by atoms with Crippen molar-refractivity contribution < 1.29 is 22.8 Å². The summed E-state index contributed by atoms with van der Waals surface area (Å²) in [6, 6.07) is 4.41. The van der Waals surface area contributed by atoms with Gasteiger partial charge in [-0.05, 0) is 37.1 Å². The summed E-state index contributed by atoms with van der Waals surface area (Å²) in [5, 5.41) is 5.06. The molecule has 0 bridgehead atoms. The molecule has 26 heavy (non-hydrogen) atoms. The summed E-state index contributed by atoms with van der Waals surface area (Å²) in [5.74, 6) is -1.08. The highest BCUT2D eigenvalue weighted by molar-refractivity contribution is 7.89. The van der Waals surface area contributed by atoms with Gasteiger partial charge in [0.25, 0.3) is 5.91 Å². The van der Waals surface area contributed by atoms with Gasteiger partial charge >= 0.3 is 0 Å². The molecule has 1 saturated heterocycles. The minimum absolute atomic E-state index is 0.0149. The van der Waals surface area contributed by atoms with Gasteiger partial charge < -0.3 is 4.90 Å². The van der Waals surface area contributed by atoms with Crippen molar-refractivity contribution in [1.82, 2.24) is 4.90 Å². The van der Waals surface area contributed by atoms with Gasteiger partial charge in [0, 0.05) is 13.0 Å². The summed E-state index contributed by atoms with van der Waals surface area (Å²) in [6.07, 6.45) is 3.61. The Morgan fingerprint density at radius 2 is 1.73 bits per heavy atom. The monoisotopic (exact) mass is 379 g/mol. The van der Waals surface area contributed by atoms with Crippen LogP contribution in [0.15, 0.2) is 29.2 Å². The molecule has 1 heterocycles. The van der Waals surface area contributed by atoms with Crippen LogP contribution in [0.25, 0.3) is 0 Å². The maximum absolute atomic E-state index is 12.9. The lowest BCUT2D eigenvalue weighted by molar-refractivity contribution is -0.139. The molecule has 1 aliphatic heterocycles. The van der Waals surface area contributed by atoms with E-state index < -0.39 is 27.9 Å². The van der Waals surface area contributed by atoms with Crippen molar-refractivity contribution in [3.8, 4) is 0 Å². The highest BCUT2D eigenvalue weighted by Gasteiger charge is 2.46. The second-order valence-electron chi connectivity index (χ2n) is 6.69. The fourth-order valence-electron chi connectivity index (χ4n) is 3.80. The molecule has 1 aromatic rings. The van der Waals surface area contributed by atoms with Crippen LogP contribution in [-0.2, 0) is 24.4 Å². The second kappa shape index (κ2) is 6.81. The number of hydrogen-bond acceptors (Lipinski definition) is 5. The Balaban J connectivity index is 1.87. The van der Waals surface area contributed by atoms with Crippen LogP contribution in [0.2, 0.25) is 0 Å². The van der Waals surface area contributed by atoms with Gasteiger partial charge in [0.2, 0.25) is 21.8 Å². The Morgan fingerprint density at radius 1 is 1.15 bits per heavy atom. The molecule has 1 unspecified atom stereocenters. The lowest BCUT2D eigenvalue weighted by Crippen LogP contribution is -2.49. The lowest BCUT2D eigenvalue weighted by Gasteiger charge is -2.32. The smallest absolute Gasteiger partial charge is 0.257 e. The normalized spacial score (nSPS) is 21.5. The van der Waals surface area contributed by atoms with Crippen LogP contribution in [0.1, 0.15) is 39.0 Å². The number of sulfonamides is 1. The largest absolute Gasteiger partial charge is 0.327 e. The van der Waals surface area contributed by atoms with Crippen LogP contribution in [0, 0.1) is 0 Å². The first kappa shape index (κ1) is 18.5. The van der Waals surface area contributed by atoms with E-state index in [0.717, 1.165) is 30.6 Å². The molecule has 1 atom stereocenters. The van der Waals surface area contributed by atoms with Gasteiger partial charge in [-0.25, -0.2) is 18.5 Å². The van der Waals surface area contributed by atoms with Gasteiger partial charge in [-0.2, -0.15) is 0 Å². The van der Waals surface area contributed by atoms with Crippen molar-refractivity contribution in [3.63, 3.8) is 0 Å². The molecule has 3 rings (SSSR count). The molecule has 0 radical (unpaired) electrons. The standard InChI is InChI=1S/C17H21N3O5S/c1-11(21)19(12-4-2-3-5-12)15-10-16(22)20(17(15)23)13-6-8-14(9-7-13)26(18,24)25/h6-9,12,15H,2-5,10H2,1H3,(H2,18,24,25). The van der Waals surface area contributed by atoms with Gasteiger partial charge in [-0.1, -0.05) is 12.8 Å². The van der Waals surface area contributed by atoms with Crippen LogP contribution < -0.4 is 10.0 Å². The summed E-state index contributed by atoms with van der Waals surface area (Å²) in [6.45, 7) is 1.42. The van der Waals surface area contributed by atoms with E-state index in [0.29, 0.717) is 0 Å². The average molecular weight is 379 g/mol. The first-order valence-electron chi connectivity index (χ1n) is 8.48. The molecule has 0 aromatic heterocycles. The summed E-state index contributed by atoms with van der Waals surface area (Å²) in [7, 11) is -3.86. The number of hydrogen-bond donors (Lipinski definition) is 1. The van der Waals surface area contributed by atoms with Gasteiger partial charge in [0.05, 0.1) is 17.0 Å². The first-order chi connectivity index (χ1) is 12.2. The van der Waals surface area contributed by atoms with Crippen LogP contribution >= 0.6 is 0 Å². The molecule has 0 spiro atoms. The number of anilines is 1. The maximum atomic E-state index is 12.9. The number of benzene rings is 1. The van der Waals surface area contributed by atoms with Crippen molar-refractivity contribution in [3.05, 3.63) is 24.3 Å². The summed E-state index contributed by atoms with van der Waals surface area (Å²) >= 11 is 0. The SMILES string of the molecule is CC(=O)N(C1CCCC1)C1CC(=O)N(c2ccc(S(N)(=O)=O)cc2)C1=O.